The molecule has 4 N–H and O–H groups in total. The summed E-state index contributed by atoms with van der Waals surface area (Å²) in [5.41, 5.74) is 4.72. The lowest BCUT2D eigenvalue weighted by Crippen LogP contribution is -2.15. The summed E-state index contributed by atoms with van der Waals surface area (Å²) in [5, 5.41) is 41.2. The third-order valence-corrected chi connectivity index (χ3v) is 10.3. The van der Waals surface area contributed by atoms with Crippen LogP contribution in [0.3, 0.4) is 0 Å². The Bertz CT molecular complexity index is 3120. The van der Waals surface area contributed by atoms with Gasteiger partial charge in [0.05, 0.1) is 50.9 Å². The molecule has 0 unspecified atom stereocenters. The molecule has 0 aliphatic heterocycles. The lowest BCUT2D eigenvalue weighted by atomic mass is 10.1. The van der Waals surface area contributed by atoms with Gasteiger partial charge in [-0.05, 0) is 103 Å². The van der Waals surface area contributed by atoms with E-state index in [1.54, 1.807) is 60.7 Å². The number of methoxy groups -OCH3 is 4. The molecule has 0 fully saturated rings. The van der Waals surface area contributed by atoms with Crippen LogP contribution in [0.5, 0.6) is 23.0 Å². The number of carbonyl (C=O) groups excluding carboxylic acids is 4. The van der Waals surface area contributed by atoms with E-state index in [1.807, 2.05) is 48.5 Å². The smallest absolute Gasteiger partial charge is 0.338 e. The van der Waals surface area contributed by atoms with Gasteiger partial charge in [-0.3, -0.25) is 9.59 Å². The Morgan fingerprint density at radius 3 is 1.35 bits per heavy atom. The molecule has 0 saturated heterocycles. The Labute approximate surface area is 427 Å². The Kier molecular flexibility index (Phi) is 20.5. The molecule has 0 atom stereocenters. The van der Waals surface area contributed by atoms with Crippen molar-refractivity contribution in [1.29, 1.82) is 0 Å². The topological polar surface area (TPSA) is 238 Å². The molecule has 6 aromatic rings. The molecular formula is C56H54N6O12. The van der Waals surface area contributed by atoms with E-state index in [9.17, 15) is 29.4 Å². The molecule has 2 amide bonds. The zero-order valence-corrected chi connectivity index (χ0v) is 41.5. The van der Waals surface area contributed by atoms with Crippen molar-refractivity contribution in [3.05, 3.63) is 203 Å². The summed E-state index contributed by atoms with van der Waals surface area (Å²) in [7, 11) is 5.77. The van der Waals surface area contributed by atoms with Gasteiger partial charge in [0.15, 0.2) is 11.4 Å². The highest BCUT2D eigenvalue weighted by molar-refractivity contribution is 6.05. The van der Waals surface area contributed by atoms with E-state index in [0.29, 0.717) is 22.9 Å². The van der Waals surface area contributed by atoms with E-state index >= 15 is 0 Å². The molecule has 0 spiro atoms. The first-order chi connectivity index (χ1) is 35.7. The largest absolute Gasteiger partial charge is 0.510 e. The number of allylic oxidation sites excluding steroid dienone is 2. The summed E-state index contributed by atoms with van der Waals surface area (Å²) >= 11 is 0. The number of esters is 2. The number of para-hydroxylation sites is 4. The fourth-order valence-corrected chi connectivity index (χ4v) is 6.43. The van der Waals surface area contributed by atoms with Crippen molar-refractivity contribution in [3.63, 3.8) is 0 Å². The van der Waals surface area contributed by atoms with Crippen LogP contribution in [-0.4, -0.2) is 62.4 Å². The summed E-state index contributed by atoms with van der Waals surface area (Å²) in [5.74, 6) is -1.79. The number of amides is 2. The minimum absolute atomic E-state index is 0.0928. The second-order valence-electron chi connectivity index (χ2n) is 15.4. The van der Waals surface area contributed by atoms with Gasteiger partial charge in [0.25, 0.3) is 11.8 Å². The molecule has 74 heavy (non-hydrogen) atoms. The summed E-state index contributed by atoms with van der Waals surface area (Å²) in [6.45, 7) is 10.3. The molecule has 0 saturated carbocycles. The first kappa shape index (κ1) is 55.1. The molecular weight excluding hydrogens is 949 g/mol. The van der Waals surface area contributed by atoms with Gasteiger partial charge < -0.3 is 49.3 Å². The highest BCUT2D eigenvalue weighted by atomic mass is 16.5. The number of azo groups is 2. The van der Waals surface area contributed by atoms with E-state index in [-0.39, 0.29) is 70.1 Å². The average Bonchev–Trinajstić information content (AvgIpc) is 3.42. The minimum atomic E-state index is -0.687. The molecule has 0 heterocycles. The number of rotatable bonds is 20. The predicted octanol–water partition coefficient (Wildman–Crippen LogP) is 12.4. The normalized spacial score (nSPS) is 11.4. The third-order valence-electron chi connectivity index (χ3n) is 10.3. The Morgan fingerprint density at radius 2 is 0.932 bits per heavy atom. The highest BCUT2D eigenvalue weighted by Gasteiger charge is 2.19. The monoisotopic (exact) mass is 1000 g/mol. The van der Waals surface area contributed by atoms with Gasteiger partial charge in [0.1, 0.15) is 59.1 Å². The van der Waals surface area contributed by atoms with Crippen molar-refractivity contribution in [3.8, 4) is 23.0 Å². The number of ether oxygens (including phenoxy) is 6. The number of hydrogen-bond donors (Lipinski definition) is 4. The summed E-state index contributed by atoms with van der Waals surface area (Å²) < 4.78 is 31.9. The van der Waals surface area contributed by atoms with Crippen molar-refractivity contribution in [1.82, 2.24) is 0 Å². The minimum Gasteiger partial charge on any atom is -0.510 e. The molecule has 0 radical (unpaired) electrons. The molecule has 0 aliphatic rings. The zero-order chi connectivity index (χ0) is 53.6. The van der Waals surface area contributed by atoms with Gasteiger partial charge in [-0.2, -0.15) is 0 Å². The Hall–Kier alpha value is -9.84. The number of aliphatic hydroxyl groups excluding tert-OH is 2. The number of nitrogens with one attached hydrogen (secondary N) is 2. The molecule has 0 aliphatic carbocycles. The molecule has 380 valence electrons. The van der Waals surface area contributed by atoms with Crippen LogP contribution in [0.1, 0.15) is 56.8 Å². The zero-order valence-electron chi connectivity index (χ0n) is 41.5. The highest BCUT2D eigenvalue weighted by Crippen LogP contribution is 2.32. The quantitative estimate of drug-likeness (QED) is 0.0242. The van der Waals surface area contributed by atoms with Gasteiger partial charge in [-0.1, -0.05) is 92.0 Å². The first-order valence-corrected chi connectivity index (χ1v) is 22.4. The maximum Gasteiger partial charge on any atom is 0.338 e. The standard InChI is InChI=1S/2C28H27N3O6/c1-5-19-9-8-10-20(15-19)17-37-28(34)21-13-14-23(25(16-21)36-4)30-31-26(18(2)32)27(33)29-22-11-6-7-12-24(22)35-3;1-5-19-10-12-20(13-11-19)17-37-28(34)21-14-15-23(25(16-21)36-4)30-31-26(18(2)32)27(33)29-22-8-6-7-9-24(22)35-3/h2*5-16,32H,1,17H2,2-4H3,(H,29,33). The van der Waals surface area contributed by atoms with Crippen LogP contribution in [-0.2, 0) is 32.3 Å². The Balaban J connectivity index is 0.000000274. The number of benzene rings is 6. The van der Waals surface area contributed by atoms with Gasteiger partial charge in [0, 0.05) is 0 Å². The molecule has 6 rings (SSSR count). The maximum absolute atomic E-state index is 12.7. The van der Waals surface area contributed by atoms with E-state index < -0.39 is 23.8 Å². The van der Waals surface area contributed by atoms with Crippen LogP contribution in [0.2, 0.25) is 0 Å². The van der Waals surface area contributed by atoms with Crippen LogP contribution in [0.25, 0.3) is 12.2 Å². The van der Waals surface area contributed by atoms with Crippen molar-refractivity contribution in [2.75, 3.05) is 39.1 Å². The second kappa shape index (κ2) is 27.5. The van der Waals surface area contributed by atoms with E-state index in [4.69, 9.17) is 28.4 Å². The number of hydrogen-bond acceptors (Lipinski definition) is 16. The second-order valence-corrected chi connectivity index (χ2v) is 15.4. The SMILES string of the molecule is C=Cc1ccc(COC(=O)c2ccc(N=NC(C(=O)Nc3ccccc3OC)=C(C)O)c(OC)c2)cc1.C=Cc1cccc(COC(=O)c2ccc(N=NC(C(=O)Nc3ccccc3OC)=C(C)O)c(OC)c2)c1. The Morgan fingerprint density at radius 1 is 0.500 bits per heavy atom. The van der Waals surface area contributed by atoms with Crippen molar-refractivity contribution < 1.29 is 57.8 Å². The van der Waals surface area contributed by atoms with Gasteiger partial charge >= 0.3 is 11.9 Å². The van der Waals surface area contributed by atoms with E-state index in [0.717, 1.165) is 22.3 Å². The van der Waals surface area contributed by atoms with Crippen molar-refractivity contribution >= 4 is 58.7 Å². The van der Waals surface area contributed by atoms with Crippen LogP contribution in [0.15, 0.2) is 190 Å². The lowest BCUT2D eigenvalue weighted by molar-refractivity contribution is -0.113. The molecule has 0 aromatic heterocycles. The van der Waals surface area contributed by atoms with E-state index in [1.165, 1.54) is 78.7 Å². The van der Waals surface area contributed by atoms with Crippen LogP contribution in [0, 0.1) is 0 Å². The molecule has 0 bridgehead atoms. The maximum atomic E-state index is 12.7. The molecule has 6 aromatic carbocycles. The van der Waals surface area contributed by atoms with Crippen LogP contribution in [0.4, 0.5) is 22.7 Å². The number of anilines is 2. The lowest BCUT2D eigenvalue weighted by Gasteiger charge is -2.10. The summed E-state index contributed by atoms with van der Waals surface area (Å²) in [6.07, 6.45) is 3.44. The molecule has 18 nitrogen and oxygen atoms in total. The fraction of sp³-hybridized carbons (Fsp3) is 0.143. The number of aliphatic hydroxyl groups is 2. The van der Waals surface area contributed by atoms with E-state index in [2.05, 4.69) is 44.2 Å². The van der Waals surface area contributed by atoms with Crippen LogP contribution < -0.4 is 29.6 Å². The van der Waals surface area contributed by atoms with Crippen molar-refractivity contribution in [2.24, 2.45) is 20.5 Å². The predicted molar refractivity (Wildman–Crippen MR) is 280 cm³/mol. The summed E-state index contributed by atoms with van der Waals surface area (Å²) in [4.78, 5) is 50.6. The average molecular weight is 1000 g/mol. The van der Waals surface area contributed by atoms with Gasteiger partial charge in [0.2, 0.25) is 0 Å². The fourth-order valence-electron chi connectivity index (χ4n) is 6.43. The molecule has 18 heteroatoms. The van der Waals surface area contributed by atoms with Crippen LogP contribution >= 0.6 is 0 Å². The van der Waals surface area contributed by atoms with Crippen molar-refractivity contribution in [2.45, 2.75) is 27.1 Å². The number of nitrogens with zero attached hydrogens (tertiary/aromatic N) is 4. The third kappa shape index (κ3) is 15.6. The van der Waals surface area contributed by atoms with Gasteiger partial charge in [-0.25, -0.2) is 9.59 Å². The number of carbonyl (C=O) groups is 4. The summed E-state index contributed by atoms with van der Waals surface area (Å²) in [6, 6.07) is 37.5. The van der Waals surface area contributed by atoms with Gasteiger partial charge in [-0.15, -0.1) is 20.5 Å². The first-order valence-electron chi connectivity index (χ1n) is 22.4.